The number of carbonyl (C=O) groups is 5. The van der Waals surface area contributed by atoms with Crippen molar-refractivity contribution in [3.8, 4) is 5.75 Å². The zero-order valence-corrected chi connectivity index (χ0v) is 41.3. The van der Waals surface area contributed by atoms with Gasteiger partial charge in [0.15, 0.2) is 5.41 Å². The van der Waals surface area contributed by atoms with Gasteiger partial charge in [-0.15, -0.1) is 0 Å². The van der Waals surface area contributed by atoms with Gasteiger partial charge in [0, 0.05) is 6.66 Å². The third-order valence-corrected chi connectivity index (χ3v) is 13.4. The maximum Gasteiger partial charge on any atom is 0.376 e. The van der Waals surface area contributed by atoms with Gasteiger partial charge in [-0.25, -0.2) is 17.8 Å². The number of rotatable bonds is 18. The molecule has 0 radical (unpaired) electrons. The molecule has 3 aromatic carbocycles. The maximum atomic E-state index is 13.0. The fourth-order valence-electron chi connectivity index (χ4n) is 5.36. The Balaban J connectivity index is -0.00000118. The first kappa shape index (κ1) is 66.6. The average molecular weight is 979 g/mol. The van der Waals surface area contributed by atoms with Gasteiger partial charge in [-0.05, 0) is 154 Å². The van der Waals surface area contributed by atoms with Crippen molar-refractivity contribution in [1.82, 2.24) is 0 Å². The van der Waals surface area contributed by atoms with Gasteiger partial charge in [0.25, 0.3) is 0 Å². The summed E-state index contributed by atoms with van der Waals surface area (Å²) in [5, 5.41) is 0. The number of esters is 3. The lowest BCUT2D eigenvalue weighted by molar-refractivity contribution is -0.172. The minimum Gasteiger partial charge on any atom is -0.460 e. The first-order valence-electron chi connectivity index (χ1n) is 20.9. The Hall–Kier alpha value is -4.65. The fraction of sp³-hybridized carbons (Fsp3) is 0.558. The van der Waals surface area contributed by atoms with Crippen LogP contribution in [0.1, 0.15) is 173 Å². The van der Waals surface area contributed by atoms with Crippen molar-refractivity contribution in [2.75, 3.05) is 19.9 Å². The Morgan fingerprint density at radius 1 is 0.582 bits per heavy atom. The van der Waals surface area contributed by atoms with Crippen LogP contribution in [0.4, 0.5) is 0 Å². The quantitative estimate of drug-likeness (QED) is 0.0508. The smallest absolute Gasteiger partial charge is 0.376 e. The number of ketones is 2. The minimum absolute atomic E-state index is 0. The van der Waals surface area contributed by atoms with Gasteiger partial charge in [0.2, 0.25) is 9.84 Å². The van der Waals surface area contributed by atoms with E-state index in [-0.39, 0.29) is 45.1 Å². The van der Waals surface area contributed by atoms with Crippen LogP contribution in [0.2, 0.25) is 0 Å². The Labute approximate surface area is 403 Å². The Morgan fingerprint density at radius 2 is 0.925 bits per heavy atom. The summed E-state index contributed by atoms with van der Waals surface area (Å²) in [4.78, 5) is 62.0. The molecule has 3 rings (SSSR count). The summed E-state index contributed by atoms with van der Waals surface area (Å²) in [6.45, 7) is 24.2. The summed E-state index contributed by atoms with van der Waals surface area (Å²) < 4.78 is 65.5. The van der Waals surface area contributed by atoms with E-state index in [4.69, 9.17) is 23.3 Å². The summed E-state index contributed by atoms with van der Waals surface area (Å²) in [5.74, 6) is -2.07. The first-order valence-corrected chi connectivity index (χ1v) is 24.4. The highest BCUT2D eigenvalue weighted by Gasteiger charge is 2.45. The zero-order chi connectivity index (χ0) is 48.4. The van der Waals surface area contributed by atoms with Gasteiger partial charge in [-0.1, -0.05) is 81.7 Å². The van der Waals surface area contributed by atoms with Crippen LogP contribution in [-0.4, -0.2) is 69.0 Å². The summed E-state index contributed by atoms with van der Waals surface area (Å²) in [6, 6.07) is 19.4. The molecule has 15 heteroatoms. The molecule has 5 unspecified atom stereocenters. The highest BCUT2D eigenvalue weighted by molar-refractivity contribution is 7.91. The predicted molar refractivity (Wildman–Crippen MR) is 269 cm³/mol. The van der Waals surface area contributed by atoms with E-state index in [1.165, 1.54) is 58.6 Å². The number of sulfone groups is 1. The molecular weight excluding hydrogens is 896 g/mol. The van der Waals surface area contributed by atoms with E-state index < -0.39 is 82.2 Å². The Bertz CT molecular complexity index is 2220. The predicted octanol–water partition coefficient (Wildman–Crippen LogP) is 13.0. The van der Waals surface area contributed by atoms with Gasteiger partial charge in [-0.2, -0.15) is 0 Å². The van der Waals surface area contributed by atoms with E-state index in [2.05, 4.69) is 27.7 Å². The normalized spacial score (nSPS) is 14.7. The second kappa shape index (κ2) is 26.8. The largest absolute Gasteiger partial charge is 0.460 e. The Morgan fingerprint density at radius 3 is 1.27 bits per heavy atom. The van der Waals surface area contributed by atoms with Crippen LogP contribution >= 0.6 is 7.60 Å². The molecule has 0 fully saturated rings. The van der Waals surface area contributed by atoms with Crippen molar-refractivity contribution >= 4 is 46.9 Å². The van der Waals surface area contributed by atoms with Crippen molar-refractivity contribution in [2.24, 2.45) is 10.8 Å². The van der Waals surface area contributed by atoms with Crippen molar-refractivity contribution in [1.29, 1.82) is 0 Å². The summed E-state index contributed by atoms with van der Waals surface area (Å²) >= 11 is 0. The molecule has 0 heterocycles. The second-order valence-electron chi connectivity index (χ2n) is 18.3. The van der Waals surface area contributed by atoms with Crippen LogP contribution < -0.4 is 4.52 Å². The van der Waals surface area contributed by atoms with Crippen LogP contribution in [0, 0.1) is 10.8 Å². The van der Waals surface area contributed by atoms with E-state index in [0.29, 0.717) is 17.6 Å². The molecule has 0 saturated carbocycles. The molecule has 0 saturated heterocycles. The number of ether oxygens (including phenoxy) is 3. The van der Waals surface area contributed by atoms with Gasteiger partial charge in [-0.3, -0.25) is 23.7 Å². The number of Topliss-reactive ketones (excluding diaryl/α,β-unsaturated/α-hetero) is 2. The number of hydrogen-bond donors (Lipinski definition) is 0. The summed E-state index contributed by atoms with van der Waals surface area (Å²) in [7, 11) is -7.31. The maximum absolute atomic E-state index is 13.0. The number of hydrogen-bond acceptors (Lipinski definition) is 13. The molecule has 0 aromatic heterocycles. The first-order chi connectivity index (χ1) is 28.8. The summed E-state index contributed by atoms with van der Waals surface area (Å²) in [5.41, 5.74) is -2.47. The molecule has 13 nitrogen and oxygen atoms in total. The van der Waals surface area contributed by atoms with Gasteiger partial charge in [0.05, 0.1) is 22.0 Å². The van der Waals surface area contributed by atoms with Gasteiger partial charge in [0.1, 0.15) is 40.5 Å². The SMILES string of the molecule is C.C.C.C.CCC(C)c1ccc(OP(C)(=O)OCC(C)(C(C)=O)C(=O)OC(C)(C)C)cc1.CCC(C)c1ccc(S(=O)(=O)c2ccc(C(=O)OCC(C)(C(C)=O)C(=O)OC(C)(C)C)cc2)cc1. The van der Waals surface area contributed by atoms with E-state index in [9.17, 15) is 37.0 Å². The van der Waals surface area contributed by atoms with Crippen LogP contribution in [0.3, 0.4) is 0 Å². The molecule has 5 atom stereocenters. The van der Waals surface area contributed by atoms with E-state index >= 15 is 0 Å². The molecule has 0 aliphatic heterocycles. The second-order valence-corrected chi connectivity index (χ2v) is 22.2. The zero-order valence-electron chi connectivity index (χ0n) is 39.6. The minimum atomic E-state index is -3.76. The third-order valence-electron chi connectivity index (χ3n) is 10.4. The monoisotopic (exact) mass is 979 g/mol. The van der Waals surface area contributed by atoms with Crippen LogP contribution in [-0.2, 0) is 52.3 Å². The topological polar surface area (TPSA) is 183 Å². The lowest BCUT2D eigenvalue weighted by Crippen LogP contribution is -2.44. The fourth-order valence-corrected chi connectivity index (χ4v) is 7.67. The van der Waals surface area contributed by atoms with E-state index in [0.717, 1.165) is 24.0 Å². The molecule has 0 N–H and O–H groups in total. The van der Waals surface area contributed by atoms with Crippen LogP contribution in [0.25, 0.3) is 0 Å². The van der Waals surface area contributed by atoms with Gasteiger partial charge >= 0.3 is 25.5 Å². The lowest BCUT2D eigenvalue weighted by Gasteiger charge is -2.30. The highest BCUT2D eigenvalue weighted by Crippen LogP contribution is 2.46. The highest BCUT2D eigenvalue weighted by atomic mass is 32.2. The molecule has 0 bridgehead atoms. The average Bonchev–Trinajstić information content (AvgIpc) is 3.20. The molecule has 0 aliphatic rings. The van der Waals surface area contributed by atoms with Gasteiger partial charge < -0.3 is 18.7 Å². The molecular formula is C52H83O13PS. The lowest BCUT2D eigenvalue weighted by atomic mass is 9.87. The standard InChI is InChI=1S/C27H34O7S.C21H33O6P.4CH4/c1-8-18(2)20-9-13-22(14-10-20)35(31,32)23-15-11-21(12-16-23)24(29)33-17-27(7,19(3)28)25(30)34-26(4,5)6;1-9-15(2)17-10-12-18(13-11-17)27-28(8,24)25-14-21(7,16(3)22)19(23)26-20(4,5)6;;;;/h9-16,18H,8,17H2,1-7H3;10-13,15H,9,14H2,1-8H3;4*1H4. The molecule has 0 aliphatic carbocycles. The van der Waals surface area contributed by atoms with Crippen molar-refractivity contribution in [2.45, 2.75) is 172 Å². The van der Waals surface area contributed by atoms with Crippen LogP contribution in [0.15, 0.2) is 82.6 Å². The number of benzene rings is 3. The van der Waals surface area contributed by atoms with E-state index in [1.807, 2.05) is 24.3 Å². The molecule has 380 valence electrons. The van der Waals surface area contributed by atoms with Crippen LogP contribution in [0.5, 0.6) is 5.75 Å². The van der Waals surface area contributed by atoms with Crippen molar-refractivity contribution in [3.05, 3.63) is 89.5 Å². The number of carbonyl (C=O) groups excluding carboxylic acids is 5. The van der Waals surface area contributed by atoms with E-state index in [1.54, 1.807) is 65.8 Å². The van der Waals surface area contributed by atoms with Crippen molar-refractivity contribution < 1.29 is 60.2 Å². The molecule has 0 spiro atoms. The molecule has 67 heavy (non-hydrogen) atoms. The summed E-state index contributed by atoms with van der Waals surface area (Å²) in [6.07, 6.45) is 1.97. The molecule has 3 aromatic rings. The van der Waals surface area contributed by atoms with Crippen molar-refractivity contribution in [3.63, 3.8) is 0 Å². The Kier molecular flexibility index (Phi) is 26.6. The molecule has 0 amide bonds. The third kappa shape index (κ3) is 19.5.